The summed E-state index contributed by atoms with van der Waals surface area (Å²) in [6.45, 7) is 7.86. The van der Waals surface area contributed by atoms with Gasteiger partial charge in [-0.05, 0) is 44.7 Å². The Morgan fingerprint density at radius 2 is 1.67 bits per heavy atom. The van der Waals surface area contributed by atoms with E-state index in [2.05, 4.69) is 35.0 Å². The number of likely N-dealkylation sites (tertiary alicyclic amines) is 1. The zero-order valence-electron chi connectivity index (χ0n) is 11.3. The van der Waals surface area contributed by atoms with Crippen LogP contribution >= 0.6 is 15.9 Å². The summed E-state index contributed by atoms with van der Waals surface area (Å²) in [5, 5.41) is 0. The summed E-state index contributed by atoms with van der Waals surface area (Å²) in [5.41, 5.74) is 4.31. The Balaban J connectivity index is 2.24. The number of rotatable bonds is 1. The summed E-state index contributed by atoms with van der Waals surface area (Å²) in [6, 6.07) is 4.19. The van der Waals surface area contributed by atoms with E-state index in [0.717, 1.165) is 42.6 Å². The highest BCUT2D eigenvalue weighted by atomic mass is 79.9. The SMILES string of the molecule is Cc1cc(C)c(C(=O)N2CCC(Br)CC2)c(C)c1. The number of benzene rings is 1. The van der Waals surface area contributed by atoms with Crippen molar-refractivity contribution in [3.05, 3.63) is 34.4 Å². The standard InChI is InChI=1S/C15H20BrNO/c1-10-8-11(2)14(12(3)9-10)15(18)17-6-4-13(16)5-7-17/h8-9,13H,4-7H2,1-3H3. The molecule has 0 radical (unpaired) electrons. The molecule has 0 atom stereocenters. The molecule has 1 saturated heterocycles. The van der Waals surface area contributed by atoms with Crippen LogP contribution in [0.3, 0.4) is 0 Å². The molecule has 0 spiro atoms. The Morgan fingerprint density at radius 1 is 1.17 bits per heavy atom. The first-order chi connectivity index (χ1) is 8.49. The van der Waals surface area contributed by atoms with Crippen molar-refractivity contribution < 1.29 is 4.79 Å². The summed E-state index contributed by atoms with van der Waals surface area (Å²) in [7, 11) is 0. The topological polar surface area (TPSA) is 20.3 Å². The molecule has 0 bridgehead atoms. The maximum atomic E-state index is 12.6. The molecule has 1 aliphatic rings. The van der Waals surface area contributed by atoms with E-state index >= 15 is 0 Å². The minimum Gasteiger partial charge on any atom is -0.339 e. The van der Waals surface area contributed by atoms with Crippen LogP contribution in [0.25, 0.3) is 0 Å². The number of carbonyl (C=O) groups excluding carboxylic acids is 1. The zero-order chi connectivity index (χ0) is 13.3. The van der Waals surface area contributed by atoms with Crippen LogP contribution in [0.15, 0.2) is 12.1 Å². The van der Waals surface area contributed by atoms with Gasteiger partial charge in [0.25, 0.3) is 5.91 Å². The van der Waals surface area contributed by atoms with E-state index in [0.29, 0.717) is 4.83 Å². The fraction of sp³-hybridized carbons (Fsp3) is 0.533. The maximum Gasteiger partial charge on any atom is 0.254 e. The first-order valence-electron chi connectivity index (χ1n) is 6.50. The number of nitrogens with zero attached hydrogens (tertiary/aromatic N) is 1. The molecule has 3 heteroatoms. The summed E-state index contributed by atoms with van der Waals surface area (Å²) in [6.07, 6.45) is 2.10. The number of aryl methyl sites for hydroxylation is 3. The summed E-state index contributed by atoms with van der Waals surface area (Å²) < 4.78 is 0. The monoisotopic (exact) mass is 309 g/mol. The molecule has 0 N–H and O–H groups in total. The Kier molecular flexibility index (Phi) is 4.10. The van der Waals surface area contributed by atoms with Crippen molar-refractivity contribution in [3.8, 4) is 0 Å². The van der Waals surface area contributed by atoms with Gasteiger partial charge in [0, 0.05) is 23.5 Å². The van der Waals surface area contributed by atoms with Crippen LogP contribution in [0, 0.1) is 20.8 Å². The van der Waals surface area contributed by atoms with Crippen LogP contribution in [-0.4, -0.2) is 28.7 Å². The van der Waals surface area contributed by atoms with Gasteiger partial charge in [0.05, 0.1) is 0 Å². The molecule has 0 unspecified atom stereocenters. The van der Waals surface area contributed by atoms with Gasteiger partial charge in [-0.15, -0.1) is 0 Å². The van der Waals surface area contributed by atoms with Gasteiger partial charge >= 0.3 is 0 Å². The van der Waals surface area contributed by atoms with Gasteiger partial charge in [0.2, 0.25) is 0 Å². The van der Waals surface area contributed by atoms with Gasteiger partial charge in [0.15, 0.2) is 0 Å². The van der Waals surface area contributed by atoms with Crippen LogP contribution in [0.2, 0.25) is 0 Å². The fourth-order valence-corrected chi connectivity index (χ4v) is 3.14. The Bertz CT molecular complexity index is 439. The first kappa shape index (κ1) is 13.6. The first-order valence-corrected chi connectivity index (χ1v) is 7.42. The lowest BCUT2D eigenvalue weighted by Crippen LogP contribution is -2.39. The van der Waals surface area contributed by atoms with Crippen molar-refractivity contribution in [2.24, 2.45) is 0 Å². The van der Waals surface area contributed by atoms with Crippen LogP contribution in [0.4, 0.5) is 0 Å². The lowest BCUT2D eigenvalue weighted by molar-refractivity contribution is 0.0727. The van der Waals surface area contributed by atoms with E-state index in [1.54, 1.807) is 0 Å². The molecule has 2 rings (SSSR count). The lowest BCUT2D eigenvalue weighted by Gasteiger charge is -2.30. The molecular weight excluding hydrogens is 290 g/mol. The van der Waals surface area contributed by atoms with Crippen molar-refractivity contribution in [3.63, 3.8) is 0 Å². The largest absolute Gasteiger partial charge is 0.339 e. The van der Waals surface area contributed by atoms with Crippen molar-refractivity contribution in [2.75, 3.05) is 13.1 Å². The minimum absolute atomic E-state index is 0.199. The van der Waals surface area contributed by atoms with E-state index in [9.17, 15) is 4.79 Å². The lowest BCUT2D eigenvalue weighted by atomic mass is 9.98. The number of hydrogen-bond acceptors (Lipinski definition) is 1. The molecule has 98 valence electrons. The third-order valence-corrected chi connectivity index (χ3v) is 4.52. The number of alkyl halides is 1. The Labute approximate surface area is 117 Å². The second-order valence-corrected chi connectivity index (χ2v) is 6.54. The van der Waals surface area contributed by atoms with Crippen molar-refractivity contribution in [1.29, 1.82) is 0 Å². The third kappa shape index (κ3) is 2.77. The van der Waals surface area contributed by atoms with Gasteiger partial charge in [-0.2, -0.15) is 0 Å². The molecule has 1 fully saturated rings. The molecule has 1 aliphatic heterocycles. The van der Waals surface area contributed by atoms with Gasteiger partial charge in [-0.1, -0.05) is 33.6 Å². The molecule has 1 aromatic rings. The van der Waals surface area contributed by atoms with Crippen molar-refractivity contribution >= 4 is 21.8 Å². The average Bonchev–Trinajstić information content (AvgIpc) is 2.28. The van der Waals surface area contributed by atoms with E-state index in [1.807, 2.05) is 18.7 Å². The predicted octanol–water partition coefficient (Wildman–Crippen LogP) is 3.61. The average molecular weight is 310 g/mol. The van der Waals surface area contributed by atoms with Gasteiger partial charge in [0.1, 0.15) is 0 Å². The molecular formula is C15H20BrNO. The highest BCUT2D eigenvalue weighted by molar-refractivity contribution is 9.09. The number of hydrogen-bond donors (Lipinski definition) is 0. The van der Waals surface area contributed by atoms with Crippen LogP contribution in [0.1, 0.15) is 39.9 Å². The second kappa shape index (κ2) is 5.43. The highest BCUT2D eigenvalue weighted by Crippen LogP contribution is 2.22. The summed E-state index contributed by atoms with van der Waals surface area (Å²) >= 11 is 3.62. The molecule has 18 heavy (non-hydrogen) atoms. The van der Waals surface area contributed by atoms with Crippen LogP contribution < -0.4 is 0 Å². The number of carbonyl (C=O) groups is 1. The molecule has 0 aromatic heterocycles. The van der Waals surface area contributed by atoms with E-state index in [4.69, 9.17) is 0 Å². The molecule has 1 amide bonds. The molecule has 0 saturated carbocycles. The van der Waals surface area contributed by atoms with Gasteiger partial charge in [-0.25, -0.2) is 0 Å². The Hall–Kier alpha value is -0.830. The second-order valence-electron chi connectivity index (χ2n) is 5.24. The zero-order valence-corrected chi connectivity index (χ0v) is 12.9. The Morgan fingerprint density at radius 3 is 2.17 bits per heavy atom. The van der Waals surface area contributed by atoms with Gasteiger partial charge < -0.3 is 4.90 Å². The van der Waals surface area contributed by atoms with Crippen molar-refractivity contribution in [1.82, 2.24) is 4.90 Å². The van der Waals surface area contributed by atoms with Crippen LogP contribution in [0.5, 0.6) is 0 Å². The van der Waals surface area contributed by atoms with E-state index in [1.165, 1.54) is 5.56 Å². The fourth-order valence-electron chi connectivity index (χ4n) is 2.73. The van der Waals surface area contributed by atoms with E-state index in [-0.39, 0.29) is 5.91 Å². The molecule has 1 aromatic carbocycles. The number of amides is 1. The highest BCUT2D eigenvalue weighted by Gasteiger charge is 2.24. The normalized spacial score (nSPS) is 17.0. The summed E-state index contributed by atoms with van der Waals surface area (Å²) in [5.74, 6) is 0.199. The minimum atomic E-state index is 0.199. The molecule has 1 heterocycles. The predicted molar refractivity (Wildman–Crippen MR) is 78.5 cm³/mol. The van der Waals surface area contributed by atoms with E-state index < -0.39 is 0 Å². The van der Waals surface area contributed by atoms with Crippen LogP contribution in [-0.2, 0) is 0 Å². The molecule has 2 nitrogen and oxygen atoms in total. The quantitative estimate of drug-likeness (QED) is 0.726. The molecule has 0 aliphatic carbocycles. The maximum absolute atomic E-state index is 12.6. The van der Waals surface area contributed by atoms with Crippen molar-refractivity contribution in [2.45, 2.75) is 38.4 Å². The summed E-state index contributed by atoms with van der Waals surface area (Å²) in [4.78, 5) is 15.1. The number of piperidine rings is 1. The van der Waals surface area contributed by atoms with Gasteiger partial charge in [-0.3, -0.25) is 4.79 Å². The number of halogens is 1. The smallest absolute Gasteiger partial charge is 0.254 e. The third-order valence-electron chi connectivity index (χ3n) is 3.60.